The number of phenols is 4. The number of ketones is 2. The van der Waals surface area contributed by atoms with E-state index in [0.29, 0.717) is 11.1 Å². The minimum atomic E-state index is -0.425. The fourth-order valence-corrected chi connectivity index (χ4v) is 2.75. The van der Waals surface area contributed by atoms with E-state index < -0.39 is 11.6 Å². The van der Waals surface area contributed by atoms with Crippen LogP contribution in [-0.4, -0.2) is 32.0 Å². The Hall–Kier alpha value is -4.32. The number of hydrogen-bond donors (Lipinski definition) is 4. The number of aromatic hydroxyl groups is 4. The first-order valence-corrected chi connectivity index (χ1v) is 8.92. The molecule has 6 nitrogen and oxygen atoms in total. The van der Waals surface area contributed by atoms with E-state index >= 15 is 0 Å². The fraction of sp³-hybridized carbons (Fsp3) is 0. The van der Waals surface area contributed by atoms with Crippen LogP contribution in [0.1, 0.15) is 31.8 Å². The highest BCUT2D eigenvalue weighted by atomic mass is 16.3. The predicted octanol–water partition coefficient (Wildman–Crippen LogP) is 4.30. The van der Waals surface area contributed by atoms with Gasteiger partial charge in [0.15, 0.2) is 11.6 Å². The summed E-state index contributed by atoms with van der Waals surface area (Å²) in [4.78, 5) is 24.5. The number of phenolic OH excluding ortho intramolecular Hbond substituents is 4. The van der Waals surface area contributed by atoms with Gasteiger partial charge >= 0.3 is 0 Å². The van der Waals surface area contributed by atoms with Crippen molar-refractivity contribution in [1.82, 2.24) is 0 Å². The smallest absolute Gasteiger partial charge is 0.189 e. The van der Waals surface area contributed by atoms with Crippen molar-refractivity contribution < 1.29 is 30.0 Å². The van der Waals surface area contributed by atoms with Gasteiger partial charge in [-0.25, -0.2) is 0 Å². The SMILES string of the molecule is O=C(C=Cc1cccc(C=CC(=O)c2ccc(O)cc2O)c1)c1ccc(O)cc1O. The number of carbonyl (C=O) groups is 2. The average Bonchev–Trinajstić information content (AvgIpc) is 2.70. The molecular weight excluding hydrogens is 384 g/mol. The van der Waals surface area contributed by atoms with Crippen LogP contribution in [0.25, 0.3) is 12.2 Å². The Morgan fingerprint density at radius 1 is 0.600 bits per heavy atom. The van der Waals surface area contributed by atoms with Gasteiger partial charge in [-0.2, -0.15) is 0 Å². The van der Waals surface area contributed by atoms with Crippen molar-refractivity contribution in [3.05, 3.63) is 95.1 Å². The van der Waals surface area contributed by atoms with Crippen molar-refractivity contribution in [3.63, 3.8) is 0 Å². The molecule has 30 heavy (non-hydrogen) atoms. The van der Waals surface area contributed by atoms with E-state index in [2.05, 4.69) is 0 Å². The van der Waals surface area contributed by atoms with Gasteiger partial charge in [0, 0.05) is 12.1 Å². The van der Waals surface area contributed by atoms with E-state index in [0.717, 1.165) is 12.1 Å². The van der Waals surface area contributed by atoms with E-state index in [-0.39, 0.29) is 34.1 Å². The molecule has 0 saturated heterocycles. The number of hydrogen-bond acceptors (Lipinski definition) is 6. The minimum Gasteiger partial charge on any atom is -0.508 e. The lowest BCUT2D eigenvalue weighted by Gasteiger charge is -2.02. The zero-order valence-electron chi connectivity index (χ0n) is 15.7. The van der Waals surface area contributed by atoms with Gasteiger partial charge in [-0.3, -0.25) is 9.59 Å². The van der Waals surface area contributed by atoms with Gasteiger partial charge in [0.2, 0.25) is 0 Å². The summed E-state index contributed by atoms with van der Waals surface area (Å²) in [7, 11) is 0. The van der Waals surface area contributed by atoms with Crippen molar-refractivity contribution in [2.75, 3.05) is 0 Å². The van der Waals surface area contributed by atoms with Gasteiger partial charge in [-0.05, 0) is 53.6 Å². The second-order valence-corrected chi connectivity index (χ2v) is 6.47. The Labute approximate surface area is 172 Å². The number of allylic oxidation sites excluding steroid dienone is 2. The van der Waals surface area contributed by atoms with Gasteiger partial charge in [-0.15, -0.1) is 0 Å². The zero-order chi connectivity index (χ0) is 21.7. The van der Waals surface area contributed by atoms with Gasteiger partial charge in [0.1, 0.15) is 23.0 Å². The third-order valence-corrected chi connectivity index (χ3v) is 4.26. The summed E-state index contributed by atoms with van der Waals surface area (Å²) in [5.41, 5.74) is 1.53. The molecule has 3 rings (SSSR count). The molecular formula is C24H18O6. The lowest BCUT2D eigenvalue weighted by atomic mass is 10.0. The molecule has 3 aromatic rings. The molecule has 3 aromatic carbocycles. The molecule has 0 aliphatic carbocycles. The summed E-state index contributed by atoms with van der Waals surface area (Å²) in [6.07, 6.45) is 5.74. The van der Waals surface area contributed by atoms with Crippen molar-refractivity contribution in [1.29, 1.82) is 0 Å². The zero-order valence-corrected chi connectivity index (χ0v) is 15.7. The molecule has 0 radical (unpaired) electrons. The molecule has 0 amide bonds. The molecule has 0 aliphatic rings. The monoisotopic (exact) mass is 402 g/mol. The Balaban J connectivity index is 1.74. The summed E-state index contributed by atoms with van der Waals surface area (Å²) in [6, 6.07) is 14.5. The van der Waals surface area contributed by atoms with E-state index in [1.807, 2.05) is 0 Å². The Kier molecular flexibility index (Phi) is 5.98. The van der Waals surface area contributed by atoms with Crippen molar-refractivity contribution in [2.45, 2.75) is 0 Å². The highest BCUT2D eigenvalue weighted by molar-refractivity contribution is 6.09. The quantitative estimate of drug-likeness (QED) is 0.361. The number of benzene rings is 3. The molecule has 0 aliphatic heterocycles. The van der Waals surface area contributed by atoms with Crippen LogP contribution in [0, 0.1) is 0 Å². The average molecular weight is 402 g/mol. The standard InChI is InChI=1S/C24H18O6/c25-17-6-8-19(23(29)13-17)21(27)10-4-15-2-1-3-16(12-15)5-11-22(28)20-9-7-18(26)14-24(20)30/h1-14,25-26,29-30H. The van der Waals surface area contributed by atoms with Crippen molar-refractivity contribution in [3.8, 4) is 23.0 Å². The predicted molar refractivity (Wildman–Crippen MR) is 113 cm³/mol. The largest absolute Gasteiger partial charge is 0.508 e. The molecule has 4 N–H and O–H groups in total. The van der Waals surface area contributed by atoms with E-state index in [1.54, 1.807) is 36.4 Å². The van der Waals surface area contributed by atoms with E-state index in [4.69, 9.17) is 0 Å². The van der Waals surface area contributed by atoms with Gasteiger partial charge < -0.3 is 20.4 Å². The third kappa shape index (κ3) is 4.94. The highest BCUT2D eigenvalue weighted by Gasteiger charge is 2.09. The van der Waals surface area contributed by atoms with Gasteiger partial charge in [-0.1, -0.05) is 30.4 Å². The van der Waals surface area contributed by atoms with E-state index in [1.165, 1.54) is 36.4 Å². The maximum atomic E-state index is 12.2. The summed E-state index contributed by atoms with van der Waals surface area (Å²) in [6.45, 7) is 0. The van der Waals surface area contributed by atoms with Crippen LogP contribution in [0.3, 0.4) is 0 Å². The first-order chi connectivity index (χ1) is 14.3. The lowest BCUT2D eigenvalue weighted by molar-refractivity contribution is 0.103. The second kappa shape index (κ2) is 8.79. The first kappa shape index (κ1) is 20.4. The Morgan fingerprint density at radius 3 is 1.43 bits per heavy atom. The van der Waals surface area contributed by atoms with Crippen LogP contribution in [0.2, 0.25) is 0 Å². The summed E-state index contributed by atoms with van der Waals surface area (Å²) in [5, 5.41) is 38.1. The molecule has 150 valence electrons. The molecule has 0 atom stereocenters. The maximum Gasteiger partial charge on any atom is 0.189 e. The summed E-state index contributed by atoms with van der Waals surface area (Å²) < 4.78 is 0. The number of rotatable bonds is 6. The molecule has 0 spiro atoms. The van der Waals surface area contributed by atoms with Crippen molar-refractivity contribution >= 4 is 23.7 Å². The van der Waals surface area contributed by atoms with Crippen LogP contribution in [-0.2, 0) is 0 Å². The molecule has 0 unspecified atom stereocenters. The van der Waals surface area contributed by atoms with Crippen LogP contribution >= 0.6 is 0 Å². The van der Waals surface area contributed by atoms with Crippen LogP contribution in [0.15, 0.2) is 72.8 Å². The van der Waals surface area contributed by atoms with E-state index in [9.17, 15) is 30.0 Å². The summed E-state index contributed by atoms with van der Waals surface area (Å²) >= 11 is 0. The molecule has 0 fully saturated rings. The maximum absolute atomic E-state index is 12.2. The topological polar surface area (TPSA) is 115 Å². The Morgan fingerprint density at radius 2 is 1.03 bits per heavy atom. The molecule has 0 saturated carbocycles. The minimum absolute atomic E-state index is 0.0689. The Bertz CT molecular complexity index is 1090. The highest BCUT2D eigenvalue weighted by Crippen LogP contribution is 2.24. The normalized spacial score (nSPS) is 11.2. The number of carbonyl (C=O) groups excluding carboxylic acids is 2. The third-order valence-electron chi connectivity index (χ3n) is 4.26. The summed E-state index contributed by atoms with van der Waals surface area (Å²) in [5.74, 6) is -1.74. The lowest BCUT2D eigenvalue weighted by Crippen LogP contribution is -1.95. The molecule has 0 heterocycles. The van der Waals surface area contributed by atoms with Gasteiger partial charge in [0.25, 0.3) is 0 Å². The van der Waals surface area contributed by atoms with Crippen molar-refractivity contribution in [2.24, 2.45) is 0 Å². The fourth-order valence-electron chi connectivity index (χ4n) is 2.75. The molecule has 0 aromatic heterocycles. The molecule has 6 heteroatoms. The van der Waals surface area contributed by atoms with Crippen LogP contribution in [0.4, 0.5) is 0 Å². The first-order valence-electron chi connectivity index (χ1n) is 8.92. The van der Waals surface area contributed by atoms with Crippen LogP contribution < -0.4 is 0 Å². The van der Waals surface area contributed by atoms with Crippen LogP contribution in [0.5, 0.6) is 23.0 Å². The van der Waals surface area contributed by atoms with Gasteiger partial charge in [0.05, 0.1) is 11.1 Å². The second-order valence-electron chi connectivity index (χ2n) is 6.47. The molecule has 0 bridgehead atoms.